The number of carbonyl (C=O) groups excluding carboxylic acids is 1. The summed E-state index contributed by atoms with van der Waals surface area (Å²) in [7, 11) is 0. The van der Waals surface area contributed by atoms with Gasteiger partial charge in [-0.2, -0.15) is 0 Å². The molecule has 0 saturated heterocycles. The van der Waals surface area contributed by atoms with Crippen LogP contribution in [0.3, 0.4) is 0 Å². The van der Waals surface area contributed by atoms with Crippen molar-refractivity contribution in [2.24, 2.45) is 5.41 Å². The lowest BCUT2D eigenvalue weighted by Crippen LogP contribution is -2.27. The van der Waals surface area contributed by atoms with Crippen LogP contribution in [0.15, 0.2) is 24.3 Å². The summed E-state index contributed by atoms with van der Waals surface area (Å²) >= 11 is 0. The number of hydrogen-bond acceptors (Lipinski definition) is 1. The molecule has 0 unspecified atom stereocenters. The minimum Gasteiger partial charge on any atom is -0.325 e. The highest BCUT2D eigenvalue weighted by Gasteiger charge is 2.21. The van der Waals surface area contributed by atoms with Crippen molar-refractivity contribution in [1.82, 2.24) is 0 Å². The first-order valence-electron chi connectivity index (χ1n) is 5.28. The number of rotatable bonds is 1. The summed E-state index contributed by atoms with van der Waals surface area (Å²) in [5, 5.41) is 2.89. The zero-order valence-corrected chi connectivity index (χ0v) is 10.2. The lowest BCUT2D eigenvalue weighted by molar-refractivity contribution is -0.123. The third-order valence-electron chi connectivity index (χ3n) is 2.12. The number of carbonyl (C=O) groups is 1. The van der Waals surface area contributed by atoms with Crippen molar-refractivity contribution in [3.05, 3.63) is 29.8 Å². The summed E-state index contributed by atoms with van der Waals surface area (Å²) in [5.41, 5.74) is 1.23. The molecule has 0 heterocycles. The van der Waals surface area contributed by atoms with Gasteiger partial charge in [0.05, 0.1) is 5.69 Å². The maximum absolute atomic E-state index is 11.8. The molecule has 0 saturated carbocycles. The van der Waals surface area contributed by atoms with E-state index < -0.39 is 5.41 Å². The van der Waals surface area contributed by atoms with Gasteiger partial charge in [0.25, 0.3) is 0 Å². The first-order chi connectivity index (χ1) is 7.45. The number of anilines is 1. The predicted molar refractivity (Wildman–Crippen MR) is 67.1 cm³/mol. The molecule has 0 aliphatic heterocycles. The number of para-hydroxylation sites is 1. The summed E-state index contributed by atoms with van der Waals surface area (Å²) in [5.74, 6) is 5.80. The Hall–Kier alpha value is -1.75. The normalized spacial score (nSPS) is 10.2. The highest BCUT2D eigenvalue weighted by atomic mass is 16.2. The maximum atomic E-state index is 11.8. The van der Waals surface area contributed by atoms with Crippen molar-refractivity contribution in [2.75, 3.05) is 5.32 Å². The summed E-state index contributed by atoms with van der Waals surface area (Å²) in [4.78, 5) is 11.8. The van der Waals surface area contributed by atoms with Crippen LogP contribution in [0.4, 0.5) is 5.69 Å². The molecule has 16 heavy (non-hydrogen) atoms. The molecule has 1 aromatic carbocycles. The Bertz CT molecular complexity index is 444. The average molecular weight is 215 g/mol. The van der Waals surface area contributed by atoms with Crippen LogP contribution in [0.2, 0.25) is 0 Å². The van der Waals surface area contributed by atoms with Gasteiger partial charge in [-0.05, 0) is 19.1 Å². The Morgan fingerprint density at radius 2 is 1.88 bits per heavy atom. The van der Waals surface area contributed by atoms with E-state index in [4.69, 9.17) is 0 Å². The Morgan fingerprint density at radius 3 is 2.44 bits per heavy atom. The summed E-state index contributed by atoms with van der Waals surface area (Å²) in [6.07, 6.45) is 0. The topological polar surface area (TPSA) is 29.1 Å². The summed E-state index contributed by atoms with van der Waals surface area (Å²) in [6.45, 7) is 7.44. The first-order valence-corrected chi connectivity index (χ1v) is 5.28. The van der Waals surface area contributed by atoms with E-state index in [1.807, 2.05) is 45.0 Å². The molecule has 0 atom stereocenters. The van der Waals surface area contributed by atoms with E-state index in [1.54, 1.807) is 6.92 Å². The number of amides is 1. The van der Waals surface area contributed by atoms with Crippen molar-refractivity contribution in [1.29, 1.82) is 0 Å². The van der Waals surface area contributed by atoms with E-state index in [0.29, 0.717) is 0 Å². The molecule has 84 valence electrons. The Labute approximate surface area is 97.1 Å². The highest BCUT2D eigenvalue weighted by molar-refractivity contribution is 5.95. The molecular formula is C14H17NO. The van der Waals surface area contributed by atoms with E-state index >= 15 is 0 Å². The van der Waals surface area contributed by atoms with E-state index in [0.717, 1.165) is 11.3 Å². The van der Waals surface area contributed by atoms with Gasteiger partial charge in [0, 0.05) is 11.0 Å². The Kier molecular flexibility index (Phi) is 3.73. The molecule has 0 aliphatic rings. The molecule has 0 aromatic heterocycles. The van der Waals surface area contributed by atoms with Crippen LogP contribution < -0.4 is 5.32 Å². The highest BCUT2D eigenvalue weighted by Crippen LogP contribution is 2.19. The van der Waals surface area contributed by atoms with Crippen LogP contribution in [0.1, 0.15) is 33.3 Å². The minimum absolute atomic E-state index is 0.00199. The SMILES string of the molecule is CC#Cc1ccccc1NC(=O)C(C)(C)C. The quantitative estimate of drug-likeness (QED) is 0.717. The standard InChI is InChI=1S/C14H17NO/c1-5-8-11-9-6-7-10-12(11)15-13(16)14(2,3)4/h6-7,9-10H,1-4H3,(H,15,16). The number of benzene rings is 1. The van der Waals surface area contributed by atoms with Crippen LogP contribution in [-0.4, -0.2) is 5.91 Å². The molecule has 0 radical (unpaired) electrons. The van der Waals surface area contributed by atoms with Gasteiger partial charge in [-0.15, -0.1) is 5.92 Å². The van der Waals surface area contributed by atoms with Crippen LogP contribution in [0.25, 0.3) is 0 Å². The van der Waals surface area contributed by atoms with Gasteiger partial charge in [-0.3, -0.25) is 4.79 Å². The van der Waals surface area contributed by atoms with Gasteiger partial charge >= 0.3 is 0 Å². The van der Waals surface area contributed by atoms with Crippen LogP contribution in [-0.2, 0) is 4.79 Å². The Morgan fingerprint density at radius 1 is 1.25 bits per heavy atom. The fraction of sp³-hybridized carbons (Fsp3) is 0.357. The largest absolute Gasteiger partial charge is 0.325 e. The van der Waals surface area contributed by atoms with Crippen molar-refractivity contribution >= 4 is 11.6 Å². The van der Waals surface area contributed by atoms with Crippen molar-refractivity contribution in [3.63, 3.8) is 0 Å². The lowest BCUT2D eigenvalue weighted by Gasteiger charge is -2.18. The van der Waals surface area contributed by atoms with E-state index in [-0.39, 0.29) is 5.91 Å². The second-order valence-electron chi connectivity index (χ2n) is 4.62. The van der Waals surface area contributed by atoms with Crippen LogP contribution in [0, 0.1) is 17.3 Å². The average Bonchev–Trinajstić information content (AvgIpc) is 2.20. The molecule has 0 aliphatic carbocycles. The van der Waals surface area contributed by atoms with Gasteiger partial charge < -0.3 is 5.32 Å². The van der Waals surface area contributed by atoms with Crippen LogP contribution >= 0.6 is 0 Å². The fourth-order valence-corrected chi connectivity index (χ4v) is 1.15. The molecule has 0 fully saturated rings. The predicted octanol–water partition coefficient (Wildman–Crippen LogP) is 3.04. The fourth-order valence-electron chi connectivity index (χ4n) is 1.15. The molecule has 1 N–H and O–H groups in total. The molecule has 0 spiro atoms. The summed E-state index contributed by atoms with van der Waals surface area (Å²) in [6, 6.07) is 7.56. The van der Waals surface area contributed by atoms with Crippen LogP contribution in [0.5, 0.6) is 0 Å². The number of hydrogen-bond donors (Lipinski definition) is 1. The summed E-state index contributed by atoms with van der Waals surface area (Å²) < 4.78 is 0. The molecule has 2 nitrogen and oxygen atoms in total. The second kappa shape index (κ2) is 4.85. The van der Waals surface area contributed by atoms with Gasteiger partial charge in [0.1, 0.15) is 0 Å². The zero-order chi connectivity index (χ0) is 12.2. The van der Waals surface area contributed by atoms with Crippen molar-refractivity contribution in [2.45, 2.75) is 27.7 Å². The maximum Gasteiger partial charge on any atom is 0.229 e. The lowest BCUT2D eigenvalue weighted by atomic mass is 9.95. The van der Waals surface area contributed by atoms with E-state index in [1.165, 1.54) is 0 Å². The third-order valence-corrected chi connectivity index (χ3v) is 2.12. The van der Waals surface area contributed by atoms with Crippen molar-refractivity contribution in [3.8, 4) is 11.8 Å². The number of nitrogens with one attached hydrogen (secondary N) is 1. The molecule has 0 bridgehead atoms. The third kappa shape index (κ3) is 3.13. The van der Waals surface area contributed by atoms with E-state index in [2.05, 4.69) is 17.2 Å². The molecule has 2 heteroatoms. The first kappa shape index (κ1) is 12.3. The van der Waals surface area contributed by atoms with Gasteiger partial charge in [0.15, 0.2) is 0 Å². The molecule has 1 amide bonds. The minimum atomic E-state index is -0.396. The molecule has 1 rings (SSSR count). The zero-order valence-electron chi connectivity index (χ0n) is 10.2. The molecular weight excluding hydrogens is 198 g/mol. The van der Waals surface area contributed by atoms with E-state index in [9.17, 15) is 4.79 Å². The van der Waals surface area contributed by atoms with Gasteiger partial charge in [0.2, 0.25) is 5.91 Å². The Balaban J connectivity index is 2.96. The van der Waals surface area contributed by atoms with Gasteiger partial charge in [-0.25, -0.2) is 0 Å². The monoisotopic (exact) mass is 215 g/mol. The molecule has 1 aromatic rings. The smallest absolute Gasteiger partial charge is 0.229 e. The second-order valence-corrected chi connectivity index (χ2v) is 4.62. The van der Waals surface area contributed by atoms with Crippen molar-refractivity contribution < 1.29 is 4.79 Å². The van der Waals surface area contributed by atoms with Gasteiger partial charge in [-0.1, -0.05) is 38.8 Å².